The van der Waals surface area contributed by atoms with Crippen molar-refractivity contribution >= 4 is 32.7 Å². The molecule has 3 rings (SSSR count). The molecule has 1 aromatic heterocycles. The van der Waals surface area contributed by atoms with Crippen LogP contribution < -0.4 is 0 Å². The average molecular weight is 356 g/mol. The summed E-state index contributed by atoms with van der Waals surface area (Å²) in [5.41, 5.74) is 5.28. The number of rotatable bonds is 2. The van der Waals surface area contributed by atoms with Gasteiger partial charge in [-0.1, -0.05) is 31.2 Å². The number of halogens is 1. The van der Waals surface area contributed by atoms with Crippen LogP contribution in [0.4, 0.5) is 0 Å². The number of hydrogen-bond acceptors (Lipinski definition) is 1. The van der Waals surface area contributed by atoms with E-state index in [1.54, 1.807) is 4.57 Å². The number of aryl methyl sites for hydroxylation is 3. The molecule has 3 aromatic rings. The maximum atomic E-state index is 13.0. The highest BCUT2D eigenvalue weighted by atomic mass is 79.9. The van der Waals surface area contributed by atoms with E-state index in [2.05, 4.69) is 48.8 Å². The van der Waals surface area contributed by atoms with Gasteiger partial charge >= 0.3 is 0 Å². The van der Waals surface area contributed by atoms with E-state index < -0.39 is 0 Å². The van der Waals surface area contributed by atoms with E-state index in [4.69, 9.17) is 0 Å². The lowest BCUT2D eigenvalue weighted by Gasteiger charge is -2.09. The summed E-state index contributed by atoms with van der Waals surface area (Å²) in [6.45, 7) is 6.29. The van der Waals surface area contributed by atoms with Crippen molar-refractivity contribution < 1.29 is 4.79 Å². The first-order valence-electron chi connectivity index (χ1n) is 7.44. The van der Waals surface area contributed by atoms with Crippen LogP contribution in [0.25, 0.3) is 10.9 Å². The van der Waals surface area contributed by atoms with Gasteiger partial charge in [-0.3, -0.25) is 9.36 Å². The number of aromatic nitrogens is 1. The summed E-state index contributed by atoms with van der Waals surface area (Å²) in [4.78, 5) is 13.0. The Labute approximate surface area is 138 Å². The standard InChI is InChI=1S/C19H18BrNO/c1-4-14-11-21(18-13(3)12(2)9-10-15(14)18)19(22)16-7-5-6-8-17(16)20/h5-11H,4H2,1-3H3. The van der Waals surface area contributed by atoms with Crippen molar-refractivity contribution in [2.75, 3.05) is 0 Å². The Morgan fingerprint density at radius 1 is 1.14 bits per heavy atom. The Balaban J connectivity index is 2.29. The maximum Gasteiger partial charge on any atom is 0.263 e. The van der Waals surface area contributed by atoms with E-state index in [1.165, 1.54) is 16.5 Å². The topological polar surface area (TPSA) is 22.0 Å². The van der Waals surface area contributed by atoms with Crippen LogP contribution in [0.5, 0.6) is 0 Å². The SMILES string of the molecule is CCc1cn(C(=O)c2ccccc2Br)c2c(C)c(C)ccc12. The fourth-order valence-electron chi connectivity index (χ4n) is 2.87. The number of fused-ring (bicyclic) bond motifs is 1. The number of benzene rings is 2. The highest BCUT2D eigenvalue weighted by Gasteiger charge is 2.18. The number of nitrogens with zero attached hydrogens (tertiary/aromatic N) is 1. The third-order valence-electron chi connectivity index (χ3n) is 4.28. The molecular formula is C19H18BrNO. The second-order valence-electron chi connectivity index (χ2n) is 5.57. The molecular weight excluding hydrogens is 338 g/mol. The molecule has 0 aliphatic carbocycles. The summed E-state index contributed by atoms with van der Waals surface area (Å²) < 4.78 is 2.63. The van der Waals surface area contributed by atoms with Gasteiger partial charge in [0.1, 0.15) is 0 Å². The summed E-state index contributed by atoms with van der Waals surface area (Å²) in [5, 5.41) is 1.17. The first-order chi connectivity index (χ1) is 10.5. The molecule has 0 fully saturated rings. The molecule has 0 aliphatic heterocycles. The van der Waals surface area contributed by atoms with Crippen molar-refractivity contribution in [3.05, 3.63) is 69.3 Å². The van der Waals surface area contributed by atoms with Crippen LogP contribution in [0.15, 0.2) is 47.1 Å². The Kier molecular flexibility index (Phi) is 3.92. The molecule has 0 spiro atoms. The number of hydrogen-bond donors (Lipinski definition) is 0. The highest BCUT2D eigenvalue weighted by Crippen LogP contribution is 2.29. The molecule has 0 atom stereocenters. The van der Waals surface area contributed by atoms with E-state index in [1.807, 2.05) is 30.5 Å². The van der Waals surface area contributed by atoms with Gasteiger partial charge in [0.25, 0.3) is 5.91 Å². The van der Waals surface area contributed by atoms with Gasteiger partial charge in [0.05, 0.1) is 11.1 Å². The van der Waals surface area contributed by atoms with Crippen LogP contribution in [0.3, 0.4) is 0 Å². The molecule has 0 aliphatic rings. The van der Waals surface area contributed by atoms with Gasteiger partial charge in [0.2, 0.25) is 0 Å². The largest absolute Gasteiger partial charge is 0.283 e. The van der Waals surface area contributed by atoms with Crippen LogP contribution in [-0.2, 0) is 6.42 Å². The zero-order chi connectivity index (χ0) is 15.9. The molecule has 2 aromatic carbocycles. The van der Waals surface area contributed by atoms with Crippen molar-refractivity contribution in [1.82, 2.24) is 4.57 Å². The predicted molar refractivity (Wildman–Crippen MR) is 94.7 cm³/mol. The summed E-state index contributed by atoms with van der Waals surface area (Å²) >= 11 is 3.48. The van der Waals surface area contributed by atoms with Gasteiger partial charge in [-0.05, 0) is 65.0 Å². The first-order valence-corrected chi connectivity index (χ1v) is 8.23. The van der Waals surface area contributed by atoms with Crippen molar-refractivity contribution in [3.63, 3.8) is 0 Å². The molecule has 0 saturated carbocycles. The summed E-state index contributed by atoms with van der Waals surface area (Å²) in [7, 11) is 0. The monoisotopic (exact) mass is 355 g/mol. The first kappa shape index (κ1) is 15.0. The summed E-state index contributed by atoms with van der Waals surface area (Å²) in [5.74, 6) is 0.00544. The normalized spacial score (nSPS) is 11.1. The third kappa shape index (κ3) is 2.30. The van der Waals surface area contributed by atoms with Crippen molar-refractivity contribution in [3.8, 4) is 0 Å². The molecule has 2 nitrogen and oxygen atoms in total. The van der Waals surface area contributed by atoms with Gasteiger partial charge in [0.15, 0.2) is 0 Å². The molecule has 1 heterocycles. The van der Waals surface area contributed by atoms with E-state index >= 15 is 0 Å². The number of carbonyl (C=O) groups is 1. The Hall–Kier alpha value is -1.87. The molecule has 0 amide bonds. The van der Waals surface area contributed by atoms with Crippen LogP contribution in [0.1, 0.15) is 34.0 Å². The zero-order valence-electron chi connectivity index (χ0n) is 13.0. The quantitative estimate of drug-likeness (QED) is 0.613. The molecule has 0 N–H and O–H groups in total. The molecule has 0 bridgehead atoms. The molecule has 0 radical (unpaired) electrons. The van der Waals surface area contributed by atoms with E-state index in [0.717, 1.165) is 22.0 Å². The number of carbonyl (C=O) groups excluding carboxylic acids is 1. The minimum atomic E-state index is 0.00544. The van der Waals surface area contributed by atoms with Crippen LogP contribution in [-0.4, -0.2) is 10.5 Å². The van der Waals surface area contributed by atoms with Crippen molar-refractivity contribution in [2.24, 2.45) is 0 Å². The maximum absolute atomic E-state index is 13.0. The Bertz CT molecular complexity index is 877. The molecule has 0 saturated heterocycles. The summed E-state index contributed by atoms with van der Waals surface area (Å²) in [6, 6.07) is 11.8. The van der Waals surface area contributed by atoms with Gasteiger partial charge < -0.3 is 0 Å². The van der Waals surface area contributed by atoms with Crippen molar-refractivity contribution in [2.45, 2.75) is 27.2 Å². The molecule has 3 heteroatoms. The lowest BCUT2D eigenvalue weighted by molar-refractivity contribution is 0.0964. The van der Waals surface area contributed by atoms with Crippen LogP contribution >= 0.6 is 15.9 Å². The van der Waals surface area contributed by atoms with E-state index in [9.17, 15) is 4.79 Å². The van der Waals surface area contributed by atoms with Gasteiger partial charge in [0, 0.05) is 16.1 Å². The Morgan fingerprint density at radius 2 is 1.86 bits per heavy atom. The van der Waals surface area contributed by atoms with Gasteiger partial charge in [-0.25, -0.2) is 0 Å². The highest BCUT2D eigenvalue weighted by molar-refractivity contribution is 9.10. The van der Waals surface area contributed by atoms with Gasteiger partial charge in [-0.2, -0.15) is 0 Å². The van der Waals surface area contributed by atoms with Crippen LogP contribution in [0.2, 0.25) is 0 Å². The van der Waals surface area contributed by atoms with E-state index in [-0.39, 0.29) is 5.91 Å². The zero-order valence-corrected chi connectivity index (χ0v) is 14.6. The fraction of sp³-hybridized carbons (Fsp3) is 0.211. The second-order valence-corrected chi connectivity index (χ2v) is 6.42. The lowest BCUT2D eigenvalue weighted by Crippen LogP contribution is -2.12. The minimum absolute atomic E-state index is 0.00544. The van der Waals surface area contributed by atoms with Crippen molar-refractivity contribution in [1.29, 1.82) is 0 Å². The third-order valence-corrected chi connectivity index (χ3v) is 4.97. The Morgan fingerprint density at radius 3 is 2.55 bits per heavy atom. The molecule has 0 unspecified atom stereocenters. The van der Waals surface area contributed by atoms with Crippen LogP contribution in [0, 0.1) is 13.8 Å². The van der Waals surface area contributed by atoms with Gasteiger partial charge in [-0.15, -0.1) is 0 Å². The smallest absolute Gasteiger partial charge is 0.263 e. The lowest BCUT2D eigenvalue weighted by atomic mass is 10.0. The second kappa shape index (κ2) is 5.73. The molecule has 22 heavy (non-hydrogen) atoms. The average Bonchev–Trinajstić information content (AvgIpc) is 2.90. The molecule has 112 valence electrons. The predicted octanol–water partition coefficient (Wildman–Crippen LogP) is 5.27. The van der Waals surface area contributed by atoms with E-state index in [0.29, 0.717) is 5.56 Å². The fourth-order valence-corrected chi connectivity index (χ4v) is 3.32. The summed E-state index contributed by atoms with van der Waals surface area (Å²) in [6.07, 6.45) is 2.90. The minimum Gasteiger partial charge on any atom is -0.283 e.